The van der Waals surface area contributed by atoms with Crippen LogP contribution in [-0.4, -0.2) is 11.3 Å². The number of hydrogen-bond acceptors (Lipinski definition) is 2. The molecule has 0 radical (unpaired) electrons. The molecule has 1 rings (SSSR count). The minimum absolute atomic E-state index is 0.312. The highest BCUT2D eigenvalue weighted by Gasteiger charge is 1.96. The maximum absolute atomic E-state index is 11.0. The highest BCUT2D eigenvalue weighted by Crippen LogP contribution is 2.00. The molecule has 74 valence electrons. The van der Waals surface area contributed by atoms with E-state index in [1.165, 1.54) is 6.08 Å². The molecule has 0 aliphatic rings. The Kier molecular flexibility index (Phi) is 5.00. The van der Waals surface area contributed by atoms with Crippen LogP contribution in [0, 0.1) is 0 Å². The molecule has 1 aromatic carbocycles. The molecule has 2 nitrogen and oxygen atoms in total. The van der Waals surface area contributed by atoms with Crippen LogP contribution < -0.4 is 0 Å². The average Bonchev–Trinajstić information content (AvgIpc) is 2.25. The van der Waals surface area contributed by atoms with Gasteiger partial charge in [0.15, 0.2) is 0 Å². The summed E-state index contributed by atoms with van der Waals surface area (Å²) in [6, 6.07) is 9.59. The molecule has 0 atom stereocenters. The molecule has 0 aromatic heterocycles. The fourth-order valence-corrected chi connectivity index (χ4v) is 1.10. The van der Waals surface area contributed by atoms with Crippen LogP contribution in [0.4, 0.5) is 0 Å². The van der Waals surface area contributed by atoms with Gasteiger partial charge in [0.05, 0.1) is 0 Å². The molecule has 0 aliphatic heterocycles. The highest BCUT2D eigenvalue weighted by molar-refractivity contribution is 9.09. The Morgan fingerprint density at radius 2 is 2.07 bits per heavy atom. The summed E-state index contributed by atoms with van der Waals surface area (Å²) >= 11 is 3.18. The maximum Gasteiger partial charge on any atom is 0.330 e. The molecule has 0 fully saturated rings. The lowest BCUT2D eigenvalue weighted by Crippen LogP contribution is -2.00. The fraction of sp³-hybridized carbons (Fsp3) is 0.182. The summed E-state index contributed by atoms with van der Waals surface area (Å²) in [5, 5.41) is 0.660. The molecule has 14 heavy (non-hydrogen) atoms. The number of carbonyl (C=O) groups excluding carboxylic acids is 1. The molecule has 1 aromatic rings. The van der Waals surface area contributed by atoms with Crippen molar-refractivity contribution in [3.63, 3.8) is 0 Å². The van der Waals surface area contributed by atoms with E-state index in [0.717, 1.165) is 5.56 Å². The van der Waals surface area contributed by atoms with Gasteiger partial charge in [-0.1, -0.05) is 52.3 Å². The first-order valence-corrected chi connectivity index (χ1v) is 5.38. The van der Waals surface area contributed by atoms with Crippen LogP contribution in [-0.2, 0) is 16.1 Å². The zero-order valence-corrected chi connectivity index (χ0v) is 9.24. The van der Waals surface area contributed by atoms with Crippen molar-refractivity contribution < 1.29 is 9.53 Å². The zero-order chi connectivity index (χ0) is 10.2. The van der Waals surface area contributed by atoms with Crippen molar-refractivity contribution in [3.05, 3.63) is 48.0 Å². The topological polar surface area (TPSA) is 26.3 Å². The van der Waals surface area contributed by atoms with Crippen LogP contribution in [0.5, 0.6) is 0 Å². The second-order valence-electron chi connectivity index (χ2n) is 2.65. The van der Waals surface area contributed by atoms with E-state index in [0.29, 0.717) is 11.9 Å². The number of benzene rings is 1. The fourth-order valence-electron chi connectivity index (χ4n) is 0.918. The van der Waals surface area contributed by atoms with Crippen molar-refractivity contribution in [3.8, 4) is 0 Å². The number of esters is 1. The first-order chi connectivity index (χ1) is 6.83. The first kappa shape index (κ1) is 11.0. The predicted octanol–water partition coefficient (Wildman–Crippen LogP) is 2.68. The molecule has 0 spiro atoms. The smallest absolute Gasteiger partial charge is 0.330 e. The Morgan fingerprint density at radius 1 is 1.36 bits per heavy atom. The lowest BCUT2D eigenvalue weighted by Gasteiger charge is -2.00. The monoisotopic (exact) mass is 254 g/mol. The van der Waals surface area contributed by atoms with Gasteiger partial charge in [0.1, 0.15) is 6.61 Å². The minimum atomic E-state index is -0.312. The van der Waals surface area contributed by atoms with E-state index >= 15 is 0 Å². The summed E-state index contributed by atoms with van der Waals surface area (Å²) in [5.41, 5.74) is 0.994. The molecule has 0 unspecified atom stereocenters. The largest absolute Gasteiger partial charge is 0.458 e. The third kappa shape index (κ3) is 4.23. The van der Waals surface area contributed by atoms with E-state index < -0.39 is 0 Å². The van der Waals surface area contributed by atoms with Crippen molar-refractivity contribution in [1.29, 1.82) is 0 Å². The molecule has 0 saturated heterocycles. The number of rotatable bonds is 4. The van der Waals surface area contributed by atoms with Crippen molar-refractivity contribution in [2.45, 2.75) is 6.61 Å². The molecular formula is C11H11BrO2. The van der Waals surface area contributed by atoms with Crippen molar-refractivity contribution in [2.75, 3.05) is 5.33 Å². The lowest BCUT2D eigenvalue weighted by atomic mass is 10.2. The van der Waals surface area contributed by atoms with E-state index in [1.54, 1.807) is 6.08 Å². The van der Waals surface area contributed by atoms with Gasteiger partial charge in [-0.15, -0.1) is 0 Å². The second-order valence-corrected chi connectivity index (χ2v) is 3.30. The molecule has 0 amide bonds. The second kappa shape index (κ2) is 6.38. The Labute approximate surface area is 91.7 Å². The quantitative estimate of drug-likeness (QED) is 0.469. The van der Waals surface area contributed by atoms with Gasteiger partial charge in [-0.3, -0.25) is 0 Å². The van der Waals surface area contributed by atoms with Crippen LogP contribution in [0.2, 0.25) is 0 Å². The standard InChI is InChI=1S/C11H11BrO2/c12-8-4-7-11(13)14-9-10-5-2-1-3-6-10/h1-7H,8-9H2/b7-4+. The Balaban J connectivity index is 2.34. The van der Waals surface area contributed by atoms with Gasteiger partial charge < -0.3 is 4.74 Å². The number of alkyl halides is 1. The average molecular weight is 255 g/mol. The third-order valence-corrected chi connectivity index (χ3v) is 1.94. The van der Waals surface area contributed by atoms with Gasteiger partial charge >= 0.3 is 5.97 Å². The van der Waals surface area contributed by atoms with Gasteiger partial charge in [-0.25, -0.2) is 4.79 Å². The molecular weight excluding hydrogens is 244 g/mol. The van der Waals surface area contributed by atoms with Gasteiger partial charge in [0.2, 0.25) is 0 Å². The molecule has 0 N–H and O–H groups in total. The molecule has 0 bridgehead atoms. The van der Waals surface area contributed by atoms with Crippen molar-refractivity contribution in [2.24, 2.45) is 0 Å². The van der Waals surface area contributed by atoms with E-state index in [4.69, 9.17) is 4.74 Å². The van der Waals surface area contributed by atoms with Crippen LogP contribution >= 0.6 is 15.9 Å². The number of hydrogen-bond donors (Lipinski definition) is 0. The number of halogens is 1. The number of ether oxygens (including phenoxy) is 1. The molecule has 3 heteroatoms. The zero-order valence-electron chi connectivity index (χ0n) is 7.65. The number of allylic oxidation sites excluding steroid dienone is 1. The summed E-state index contributed by atoms with van der Waals surface area (Å²) in [6.45, 7) is 0.326. The minimum Gasteiger partial charge on any atom is -0.458 e. The summed E-state index contributed by atoms with van der Waals surface area (Å²) in [5.74, 6) is -0.312. The van der Waals surface area contributed by atoms with Gasteiger partial charge in [0, 0.05) is 11.4 Å². The molecule has 0 saturated carbocycles. The van der Waals surface area contributed by atoms with E-state index in [9.17, 15) is 4.79 Å². The summed E-state index contributed by atoms with van der Waals surface area (Å²) in [7, 11) is 0. The number of carbonyl (C=O) groups is 1. The molecule has 0 aliphatic carbocycles. The van der Waals surface area contributed by atoms with Crippen LogP contribution in [0.15, 0.2) is 42.5 Å². The van der Waals surface area contributed by atoms with E-state index in [2.05, 4.69) is 15.9 Å². The normalized spacial score (nSPS) is 10.4. The lowest BCUT2D eigenvalue weighted by molar-refractivity contribution is -0.139. The van der Waals surface area contributed by atoms with Gasteiger partial charge in [-0.05, 0) is 5.56 Å². The van der Waals surface area contributed by atoms with Crippen molar-refractivity contribution >= 4 is 21.9 Å². The first-order valence-electron chi connectivity index (χ1n) is 4.26. The Bertz CT molecular complexity index is 306. The Morgan fingerprint density at radius 3 is 2.71 bits per heavy atom. The molecule has 0 heterocycles. The van der Waals surface area contributed by atoms with Crippen LogP contribution in [0.1, 0.15) is 5.56 Å². The predicted molar refractivity (Wildman–Crippen MR) is 59.2 cm³/mol. The Hall–Kier alpha value is -1.09. The van der Waals surface area contributed by atoms with Crippen LogP contribution in [0.3, 0.4) is 0 Å². The SMILES string of the molecule is O=C(/C=C/CBr)OCc1ccccc1. The summed E-state index contributed by atoms with van der Waals surface area (Å²) < 4.78 is 4.98. The summed E-state index contributed by atoms with van der Waals surface area (Å²) in [4.78, 5) is 11.0. The van der Waals surface area contributed by atoms with Gasteiger partial charge in [-0.2, -0.15) is 0 Å². The highest BCUT2D eigenvalue weighted by atomic mass is 79.9. The van der Waals surface area contributed by atoms with Crippen molar-refractivity contribution in [1.82, 2.24) is 0 Å². The van der Waals surface area contributed by atoms with E-state index in [-0.39, 0.29) is 5.97 Å². The van der Waals surface area contributed by atoms with Crippen LogP contribution in [0.25, 0.3) is 0 Å². The summed E-state index contributed by atoms with van der Waals surface area (Å²) in [6.07, 6.45) is 3.12. The maximum atomic E-state index is 11.0. The van der Waals surface area contributed by atoms with E-state index in [1.807, 2.05) is 30.3 Å². The van der Waals surface area contributed by atoms with Gasteiger partial charge in [0.25, 0.3) is 0 Å². The third-order valence-electron chi connectivity index (χ3n) is 1.57.